The first kappa shape index (κ1) is 21.3. The molecule has 0 aliphatic rings. The van der Waals surface area contributed by atoms with E-state index < -0.39 is 6.04 Å². The van der Waals surface area contributed by atoms with Gasteiger partial charge in [0.05, 0.1) is 16.5 Å². The number of amides is 2. The third-order valence-electron chi connectivity index (χ3n) is 4.68. The average molecular weight is 407 g/mol. The number of halogens is 2. The van der Waals surface area contributed by atoms with Crippen molar-refractivity contribution in [2.24, 2.45) is 0 Å². The predicted octanol–water partition coefficient (Wildman–Crippen LogP) is 4.32. The number of hydrogen-bond donors (Lipinski definition) is 1. The second-order valence-electron chi connectivity index (χ2n) is 6.66. The van der Waals surface area contributed by atoms with Gasteiger partial charge in [-0.25, -0.2) is 0 Å². The molecule has 0 bridgehead atoms. The van der Waals surface area contributed by atoms with Crippen molar-refractivity contribution in [2.45, 2.75) is 39.8 Å². The van der Waals surface area contributed by atoms with Crippen molar-refractivity contribution >= 4 is 35.0 Å². The fraction of sp³-hybridized carbons (Fsp3) is 0.333. The van der Waals surface area contributed by atoms with Gasteiger partial charge in [-0.05, 0) is 55.2 Å². The van der Waals surface area contributed by atoms with Crippen LogP contribution in [0.4, 0.5) is 0 Å². The topological polar surface area (TPSA) is 49.4 Å². The summed E-state index contributed by atoms with van der Waals surface area (Å²) in [7, 11) is 1.56. The predicted molar refractivity (Wildman–Crippen MR) is 110 cm³/mol. The molecule has 0 aliphatic heterocycles. The van der Waals surface area contributed by atoms with Gasteiger partial charge in [0.15, 0.2) is 0 Å². The number of nitrogens with zero attached hydrogens (tertiary/aromatic N) is 1. The number of rotatable bonds is 6. The van der Waals surface area contributed by atoms with E-state index in [1.807, 2.05) is 32.0 Å². The fourth-order valence-electron chi connectivity index (χ4n) is 2.82. The van der Waals surface area contributed by atoms with Crippen LogP contribution in [-0.2, 0) is 22.6 Å². The molecule has 2 rings (SSSR count). The highest BCUT2D eigenvalue weighted by atomic mass is 35.5. The molecule has 2 amide bonds. The zero-order chi connectivity index (χ0) is 20.1. The lowest BCUT2D eigenvalue weighted by Gasteiger charge is -2.28. The largest absolute Gasteiger partial charge is 0.357 e. The molecule has 0 aromatic heterocycles. The molecule has 0 spiro atoms. The summed E-state index contributed by atoms with van der Waals surface area (Å²) < 4.78 is 0. The Labute approximate surface area is 170 Å². The van der Waals surface area contributed by atoms with Crippen LogP contribution < -0.4 is 5.32 Å². The van der Waals surface area contributed by atoms with Gasteiger partial charge in [-0.2, -0.15) is 0 Å². The first-order chi connectivity index (χ1) is 12.7. The van der Waals surface area contributed by atoms with Gasteiger partial charge in [0.25, 0.3) is 0 Å². The molecule has 0 saturated heterocycles. The Balaban J connectivity index is 2.27. The molecule has 0 fully saturated rings. The highest BCUT2D eigenvalue weighted by molar-refractivity contribution is 6.42. The first-order valence-electron chi connectivity index (χ1n) is 8.74. The number of aryl methyl sites for hydroxylation is 2. The summed E-state index contributed by atoms with van der Waals surface area (Å²) in [5.41, 5.74) is 4.05. The van der Waals surface area contributed by atoms with Crippen LogP contribution in [0.25, 0.3) is 0 Å². The second kappa shape index (κ2) is 9.25. The molecule has 4 nitrogen and oxygen atoms in total. The van der Waals surface area contributed by atoms with E-state index in [4.69, 9.17) is 23.2 Å². The molecule has 2 aromatic carbocycles. The number of carbonyl (C=O) groups excluding carboxylic acids is 2. The minimum Gasteiger partial charge on any atom is -0.357 e. The zero-order valence-electron chi connectivity index (χ0n) is 16.0. The highest BCUT2D eigenvalue weighted by Gasteiger charge is 2.25. The van der Waals surface area contributed by atoms with Crippen LogP contribution >= 0.6 is 23.2 Å². The van der Waals surface area contributed by atoms with E-state index >= 15 is 0 Å². The van der Waals surface area contributed by atoms with Gasteiger partial charge in [0, 0.05) is 13.6 Å². The Morgan fingerprint density at radius 2 is 1.67 bits per heavy atom. The van der Waals surface area contributed by atoms with Gasteiger partial charge in [0.1, 0.15) is 6.04 Å². The molecule has 0 radical (unpaired) electrons. The Bertz CT molecular complexity index is 852. The van der Waals surface area contributed by atoms with Gasteiger partial charge in [0.2, 0.25) is 11.8 Å². The first-order valence-corrected chi connectivity index (χ1v) is 9.49. The third kappa shape index (κ3) is 5.47. The number of hydrogen-bond acceptors (Lipinski definition) is 2. The van der Waals surface area contributed by atoms with Crippen molar-refractivity contribution in [1.29, 1.82) is 0 Å². The molecular weight excluding hydrogens is 383 g/mol. The molecule has 1 atom stereocenters. The fourth-order valence-corrected chi connectivity index (χ4v) is 3.14. The summed E-state index contributed by atoms with van der Waals surface area (Å²) in [6.45, 7) is 6.04. The minimum atomic E-state index is -0.608. The standard InChI is InChI=1S/C21H24Cl2N2O2/c1-13-5-6-16(9-14(13)2)11-20(26)25(15(3)21(27)24-4)12-17-7-8-18(22)19(23)10-17/h5-10,15H,11-12H2,1-4H3,(H,24,27)/t15-/m0/s1. The molecular formula is C21H24Cl2N2O2. The lowest BCUT2D eigenvalue weighted by atomic mass is 10.0. The van der Waals surface area contributed by atoms with E-state index in [0.717, 1.165) is 16.7 Å². The molecule has 2 aromatic rings. The van der Waals surface area contributed by atoms with Gasteiger partial charge >= 0.3 is 0 Å². The monoisotopic (exact) mass is 406 g/mol. The van der Waals surface area contributed by atoms with Gasteiger partial charge in [-0.3, -0.25) is 9.59 Å². The Kier molecular flexibility index (Phi) is 7.28. The van der Waals surface area contributed by atoms with Crippen LogP contribution in [0.1, 0.15) is 29.2 Å². The summed E-state index contributed by atoms with van der Waals surface area (Å²) in [6.07, 6.45) is 0.226. The SMILES string of the molecule is CNC(=O)[C@H](C)N(Cc1ccc(Cl)c(Cl)c1)C(=O)Cc1ccc(C)c(C)c1. The van der Waals surface area contributed by atoms with E-state index in [2.05, 4.69) is 5.32 Å². The van der Waals surface area contributed by atoms with Gasteiger partial charge in [-0.1, -0.05) is 47.5 Å². The lowest BCUT2D eigenvalue weighted by molar-refractivity contribution is -0.139. The van der Waals surface area contributed by atoms with E-state index in [1.165, 1.54) is 5.56 Å². The summed E-state index contributed by atoms with van der Waals surface area (Å²) in [6, 6.07) is 10.6. The van der Waals surface area contributed by atoms with Crippen molar-refractivity contribution in [3.05, 3.63) is 68.7 Å². The van der Waals surface area contributed by atoms with E-state index in [-0.39, 0.29) is 24.8 Å². The van der Waals surface area contributed by atoms with Gasteiger partial charge < -0.3 is 10.2 Å². The van der Waals surface area contributed by atoms with Crippen molar-refractivity contribution in [2.75, 3.05) is 7.05 Å². The Morgan fingerprint density at radius 3 is 2.26 bits per heavy atom. The molecule has 6 heteroatoms. The molecule has 0 aliphatic carbocycles. The third-order valence-corrected chi connectivity index (χ3v) is 5.42. The highest BCUT2D eigenvalue weighted by Crippen LogP contribution is 2.24. The van der Waals surface area contributed by atoms with Crippen LogP contribution in [0.3, 0.4) is 0 Å². The van der Waals surface area contributed by atoms with Crippen molar-refractivity contribution in [3.63, 3.8) is 0 Å². The summed E-state index contributed by atoms with van der Waals surface area (Å²) in [4.78, 5) is 26.7. The van der Waals surface area contributed by atoms with Crippen LogP contribution in [0.5, 0.6) is 0 Å². The molecule has 144 valence electrons. The number of carbonyl (C=O) groups is 2. The maximum absolute atomic E-state index is 13.0. The van der Waals surface area contributed by atoms with Crippen LogP contribution in [-0.4, -0.2) is 29.8 Å². The maximum Gasteiger partial charge on any atom is 0.242 e. The molecule has 0 unspecified atom stereocenters. The van der Waals surface area contributed by atoms with Crippen molar-refractivity contribution in [1.82, 2.24) is 10.2 Å². The average Bonchev–Trinajstić information content (AvgIpc) is 2.64. The number of nitrogens with one attached hydrogen (secondary N) is 1. The molecule has 0 heterocycles. The Morgan fingerprint density at radius 1 is 1.00 bits per heavy atom. The van der Waals surface area contributed by atoms with Crippen molar-refractivity contribution < 1.29 is 9.59 Å². The molecule has 0 saturated carbocycles. The van der Waals surface area contributed by atoms with Crippen molar-refractivity contribution in [3.8, 4) is 0 Å². The summed E-state index contributed by atoms with van der Waals surface area (Å²) >= 11 is 12.1. The summed E-state index contributed by atoms with van der Waals surface area (Å²) in [5, 5.41) is 3.48. The summed E-state index contributed by atoms with van der Waals surface area (Å²) in [5.74, 6) is -0.344. The minimum absolute atomic E-state index is 0.125. The Hall–Kier alpha value is -2.04. The smallest absolute Gasteiger partial charge is 0.242 e. The normalized spacial score (nSPS) is 11.8. The number of benzene rings is 2. The molecule has 1 N–H and O–H groups in total. The van der Waals surface area contributed by atoms with Gasteiger partial charge in [-0.15, -0.1) is 0 Å². The second-order valence-corrected chi connectivity index (χ2v) is 7.47. The maximum atomic E-state index is 13.0. The lowest BCUT2D eigenvalue weighted by Crippen LogP contribution is -2.47. The van der Waals surface area contributed by atoms with E-state index in [1.54, 1.807) is 37.1 Å². The van der Waals surface area contributed by atoms with Crippen LogP contribution in [0.2, 0.25) is 10.0 Å². The van der Waals surface area contributed by atoms with Crippen LogP contribution in [0.15, 0.2) is 36.4 Å². The van der Waals surface area contributed by atoms with E-state index in [9.17, 15) is 9.59 Å². The van der Waals surface area contributed by atoms with E-state index in [0.29, 0.717) is 10.0 Å². The molecule has 27 heavy (non-hydrogen) atoms. The zero-order valence-corrected chi connectivity index (χ0v) is 17.5. The number of likely N-dealkylation sites (N-methyl/N-ethyl adjacent to an activating group) is 1. The quantitative estimate of drug-likeness (QED) is 0.776. The van der Waals surface area contributed by atoms with Crippen LogP contribution in [0, 0.1) is 13.8 Å².